The van der Waals surface area contributed by atoms with E-state index in [2.05, 4.69) is 0 Å². The fourth-order valence-electron chi connectivity index (χ4n) is 1.50. The van der Waals surface area contributed by atoms with E-state index in [-0.39, 0.29) is 5.82 Å². The van der Waals surface area contributed by atoms with Gasteiger partial charge in [0.1, 0.15) is 5.82 Å². The second-order valence-corrected chi connectivity index (χ2v) is 3.09. The molecule has 2 aromatic carbocycles. The first-order chi connectivity index (χ1) is 6.68. The molecule has 0 amide bonds. The van der Waals surface area contributed by atoms with Gasteiger partial charge in [-0.2, -0.15) is 0 Å². The third kappa shape index (κ3) is 1.50. The summed E-state index contributed by atoms with van der Waals surface area (Å²) in [5, 5.41) is 19.4. The second-order valence-electron chi connectivity index (χ2n) is 3.09. The van der Waals surface area contributed by atoms with Crippen molar-refractivity contribution in [3.8, 4) is 0 Å². The highest BCUT2D eigenvalue weighted by molar-refractivity contribution is 6.61. The zero-order chi connectivity index (χ0) is 10.1. The quantitative estimate of drug-likeness (QED) is 0.648. The van der Waals surface area contributed by atoms with Crippen LogP contribution in [0.3, 0.4) is 0 Å². The first-order valence-electron chi connectivity index (χ1n) is 4.23. The molecule has 0 aliphatic rings. The largest absolute Gasteiger partial charge is 0.489 e. The highest BCUT2D eigenvalue weighted by Gasteiger charge is 2.13. The molecule has 0 radical (unpaired) electrons. The first-order valence-corrected chi connectivity index (χ1v) is 4.23. The zero-order valence-electron chi connectivity index (χ0n) is 7.31. The van der Waals surface area contributed by atoms with Crippen LogP contribution in [0, 0.1) is 5.82 Å². The molecule has 0 saturated carbocycles. The van der Waals surface area contributed by atoms with Gasteiger partial charge in [0.25, 0.3) is 0 Å². The normalized spacial score (nSPS) is 10.5. The van der Waals surface area contributed by atoms with Crippen LogP contribution in [0.25, 0.3) is 10.8 Å². The summed E-state index contributed by atoms with van der Waals surface area (Å²) in [6.07, 6.45) is 0. The minimum Gasteiger partial charge on any atom is -0.423 e. The number of hydrogen-bond acceptors (Lipinski definition) is 2. The molecule has 0 fully saturated rings. The van der Waals surface area contributed by atoms with E-state index in [0.717, 1.165) is 0 Å². The average Bonchev–Trinajstić information content (AvgIpc) is 2.16. The lowest BCUT2D eigenvalue weighted by atomic mass is 9.77. The van der Waals surface area contributed by atoms with Crippen LogP contribution in [-0.4, -0.2) is 17.2 Å². The smallest absolute Gasteiger partial charge is 0.423 e. The van der Waals surface area contributed by atoms with Crippen molar-refractivity contribution in [3.63, 3.8) is 0 Å². The molecule has 2 aromatic rings. The zero-order valence-corrected chi connectivity index (χ0v) is 7.31. The Hall–Kier alpha value is -1.39. The third-order valence-corrected chi connectivity index (χ3v) is 2.15. The van der Waals surface area contributed by atoms with E-state index in [4.69, 9.17) is 10.0 Å². The molecule has 0 atom stereocenters. The van der Waals surface area contributed by atoms with Gasteiger partial charge in [-0.05, 0) is 28.4 Å². The van der Waals surface area contributed by atoms with Gasteiger partial charge in [0.05, 0.1) is 0 Å². The minimum absolute atomic E-state index is 0.331. The number of fused-ring (bicyclic) bond motifs is 1. The highest BCUT2D eigenvalue weighted by atomic mass is 19.1. The SMILES string of the molecule is OB(O)c1cccc2cc(F)ccc12. The van der Waals surface area contributed by atoms with Gasteiger partial charge in [-0.1, -0.05) is 24.3 Å². The fraction of sp³-hybridized carbons (Fsp3) is 0. The number of rotatable bonds is 1. The van der Waals surface area contributed by atoms with Crippen molar-refractivity contribution < 1.29 is 14.4 Å². The molecule has 0 saturated heterocycles. The van der Waals surface area contributed by atoms with Crippen molar-refractivity contribution in [2.75, 3.05) is 0 Å². The summed E-state index contributed by atoms with van der Waals surface area (Å²) in [5.41, 5.74) is 0.391. The molecular formula is C10H8BFO2. The molecular weight excluding hydrogens is 182 g/mol. The Labute approximate surface area is 80.8 Å². The number of hydrogen-bond donors (Lipinski definition) is 2. The van der Waals surface area contributed by atoms with E-state index in [1.165, 1.54) is 12.1 Å². The van der Waals surface area contributed by atoms with E-state index in [1.807, 2.05) is 0 Å². The van der Waals surface area contributed by atoms with Gasteiger partial charge < -0.3 is 10.0 Å². The monoisotopic (exact) mass is 190 g/mol. The predicted octanol–water partition coefficient (Wildman–Crippen LogP) is 0.659. The van der Waals surface area contributed by atoms with Crippen LogP contribution in [0.5, 0.6) is 0 Å². The summed E-state index contributed by atoms with van der Waals surface area (Å²) in [6, 6.07) is 9.20. The van der Waals surface area contributed by atoms with Crippen molar-refractivity contribution in [1.82, 2.24) is 0 Å². The van der Waals surface area contributed by atoms with Crippen LogP contribution in [0.1, 0.15) is 0 Å². The summed E-state index contributed by atoms with van der Waals surface area (Å²) in [7, 11) is -1.52. The summed E-state index contributed by atoms with van der Waals surface area (Å²) < 4.78 is 12.8. The Balaban J connectivity index is 2.75. The van der Waals surface area contributed by atoms with Crippen LogP contribution in [0.2, 0.25) is 0 Å². The van der Waals surface area contributed by atoms with Crippen molar-refractivity contribution in [1.29, 1.82) is 0 Å². The van der Waals surface area contributed by atoms with Crippen LogP contribution in [0.4, 0.5) is 4.39 Å². The maximum atomic E-state index is 12.8. The summed E-state index contributed by atoms with van der Waals surface area (Å²) in [4.78, 5) is 0. The highest BCUT2D eigenvalue weighted by Crippen LogP contribution is 2.13. The lowest BCUT2D eigenvalue weighted by molar-refractivity contribution is 0.426. The van der Waals surface area contributed by atoms with Gasteiger partial charge in [-0.3, -0.25) is 0 Å². The van der Waals surface area contributed by atoms with Crippen LogP contribution >= 0.6 is 0 Å². The molecule has 14 heavy (non-hydrogen) atoms. The van der Waals surface area contributed by atoms with Crippen molar-refractivity contribution in [2.45, 2.75) is 0 Å². The van der Waals surface area contributed by atoms with Gasteiger partial charge in [-0.25, -0.2) is 4.39 Å². The van der Waals surface area contributed by atoms with Gasteiger partial charge in [0, 0.05) is 0 Å². The van der Waals surface area contributed by atoms with Crippen molar-refractivity contribution in [3.05, 3.63) is 42.2 Å². The second kappa shape index (κ2) is 3.40. The molecule has 2 nitrogen and oxygen atoms in total. The number of halogens is 1. The van der Waals surface area contributed by atoms with E-state index in [9.17, 15) is 4.39 Å². The van der Waals surface area contributed by atoms with Crippen molar-refractivity contribution >= 4 is 23.4 Å². The summed E-state index contributed by atoms with van der Waals surface area (Å²) in [6.45, 7) is 0. The Bertz CT molecular complexity index is 471. The standard InChI is InChI=1S/C10H8BFO2/c12-8-4-5-9-7(6-8)2-1-3-10(9)11(13)14/h1-6,13-14H. The maximum Gasteiger partial charge on any atom is 0.489 e. The predicted molar refractivity (Wildman–Crippen MR) is 53.7 cm³/mol. The molecule has 0 aliphatic carbocycles. The van der Waals surface area contributed by atoms with E-state index < -0.39 is 7.12 Å². The molecule has 2 rings (SSSR count). The Morgan fingerprint density at radius 3 is 2.57 bits per heavy atom. The molecule has 0 unspecified atom stereocenters. The molecule has 0 spiro atoms. The Kier molecular flexibility index (Phi) is 2.23. The van der Waals surface area contributed by atoms with Gasteiger partial charge >= 0.3 is 7.12 Å². The van der Waals surface area contributed by atoms with Gasteiger partial charge in [0.2, 0.25) is 0 Å². The maximum absolute atomic E-state index is 12.8. The Morgan fingerprint density at radius 2 is 1.86 bits per heavy atom. The Morgan fingerprint density at radius 1 is 1.07 bits per heavy atom. The van der Waals surface area contributed by atoms with Crippen molar-refractivity contribution in [2.24, 2.45) is 0 Å². The lowest BCUT2D eigenvalue weighted by Crippen LogP contribution is -2.30. The van der Waals surface area contributed by atoms with E-state index >= 15 is 0 Å². The molecule has 0 heterocycles. The van der Waals surface area contributed by atoms with E-state index in [0.29, 0.717) is 16.2 Å². The minimum atomic E-state index is -1.52. The summed E-state index contributed by atoms with van der Waals surface area (Å²) in [5.74, 6) is -0.331. The molecule has 70 valence electrons. The third-order valence-electron chi connectivity index (χ3n) is 2.15. The van der Waals surface area contributed by atoms with E-state index in [1.54, 1.807) is 24.3 Å². The molecule has 0 aliphatic heterocycles. The van der Waals surface area contributed by atoms with Crippen LogP contribution in [-0.2, 0) is 0 Å². The average molecular weight is 190 g/mol. The topological polar surface area (TPSA) is 40.5 Å². The van der Waals surface area contributed by atoms with Crippen LogP contribution < -0.4 is 5.46 Å². The van der Waals surface area contributed by atoms with Gasteiger partial charge in [-0.15, -0.1) is 0 Å². The number of benzene rings is 2. The molecule has 0 bridgehead atoms. The van der Waals surface area contributed by atoms with Crippen LogP contribution in [0.15, 0.2) is 36.4 Å². The van der Waals surface area contributed by atoms with Gasteiger partial charge in [0.15, 0.2) is 0 Å². The molecule has 0 aromatic heterocycles. The first kappa shape index (κ1) is 9.18. The lowest BCUT2D eigenvalue weighted by Gasteiger charge is -2.04. The molecule has 2 N–H and O–H groups in total. The summed E-state index contributed by atoms with van der Waals surface area (Å²) >= 11 is 0. The molecule has 4 heteroatoms. The fourth-order valence-corrected chi connectivity index (χ4v) is 1.50.